The molecule has 0 amide bonds. The summed E-state index contributed by atoms with van der Waals surface area (Å²) in [7, 11) is 1.34. The first-order valence-corrected chi connectivity index (χ1v) is 9.76. The van der Waals surface area contributed by atoms with Crippen molar-refractivity contribution in [3.63, 3.8) is 0 Å². The fourth-order valence-corrected chi connectivity index (χ4v) is 4.25. The lowest BCUT2D eigenvalue weighted by Crippen LogP contribution is -2.19. The van der Waals surface area contributed by atoms with Gasteiger partial charge in [-0.15, -0.1) is 11.3 Å². The largest absolute Gasteiger partial charge is 0.465 e. The van der Waals surface area contributed by atoms with E-state index < -0.39 is 5.97 Å². The van der Waals surface area contributed by atoms with Gasteiger partial charge in [0.2, 0.25) is 0 Å². The fraction of sp³-hybridized carbons (Fsp3) is 0.0526. The van der Waals surface area contributed by atoms with Crippen LogP contribution in [0.15, 0.2) is 54.6 Å². The summed E-state index contributed by atoms with van der Waals surface area (Å²) in [5.74, 6) is -0.440. The molecule has 0 aliphatic carbocycles. The quantitative estimate of drug-likeness (QED) is 0.370. The lowest BCUT2D eigenvalue weighted by molar-refractivity contribution is 0.0602. The normalized spacial score (nSPS) is 10.3. The maximum Gasteiger partial charge on any atom is 0.340 e. The van der Waals surface area contributed by atoms with Crippen molar-refractivity contribution >= 4 is 68.5 Å². The van der Waals surface area contributed by atoms with E-state index in [4.69, 9.17) is 40.2 Å². The number of hydrogen-bond acceptors (Lipinski definition) is 4. The molecule has 3 aromatic rings. The Labute approximate surface area is 176 Å². The number of carbonyl (C=O) groups excluding carboxylic acids is 1. The lowest BCUT2D eigenvalue weighted by Gasteiger charge is -2.11. The molecule has 3 rings (SSSR count). The topological polar surface area (TPSA) is 50.4 Å². The average Bonchev–Trinajstić information content (AvgIpc) is 3.04. The number of carbonyl (C=O) groups is 1. The number of ether oxygens (including phenoxy) is 1. The zero-order chi connectivity index (χ0) is 19.4. The molecule has 0 unspecified atom stereocenters. The first-order chi connectivity index (χ1) is 13.0. The van der Waals surface area contributed by atoms with Gasteiger partial charge in [-0.1, -0.05) is 53.5 Å². The van der Waals surface area contributed by atoms with Crippen LogP contribution in [-0.2, 0) is 4.74 Å². The van der Waals surface area contributed by atoms with Gasteiger partial charge in [0.15, 0.2) is 5.11 Å². The Kier molecular flexibility index (Phi) is 6.34. The predicted octanol–water partition coefficient (Wildman–Crippen LogP) is 6.32. The minimum Gasteiger partial charge on any atom is -0.465 e. The Hall–Kier alpha value is -2.12. The lowest BCUT2D eigenvalue weighted by atomic mass is 10.1. The van der Waals surface area contributed by atoms with Gasteiger partial charge in [0.25, 0.3) is 0 Å². The van der Waals surface area contributed by atoms with Crippen LogP contribution in [0.4, 0.5) is 10.7 Å². The second kappa shape index (κ2) is 8.71. The number of esters is 1. The summed E-state index contributed by atoms with van der Waals surface area (Å²) in [6.45, 7) is 0. The average molecular weight is 437 g/mol. The Morgan fingerprint density at radius 1 is 1.04 bits per heavy atom. The molecule has 1 heterocycles. The molecule has 0 aliphatic rings. The molecule has 1 aromatic heterocycles. The highest BCUT2D eigenvalue weighted by atomic mass is 35.5. The molecule has 2 N–H and O–H groups in total. The number of thiocarbonyl (C=S) groups is 1. The molecule has 0 radical (unpaired) electrons. The minimum absolute atomic E-state index is 0.306. The molecule has 8 heteroatoms. The summed E-state index contributed by atoms with van der Waals surface area (Å²) in [6.07, 6.45) is 0. The van der Waals surface area contributed by atoms with E-state index in [-0.39, 0.29) is 0 Å². The number of thiophene rings is 1. The number of methoxy groups -OCH3 is 1. The van der Waals surface area contributed by atoms with Gasteiger partial charge in [0.1, 0.15) is 5.00 Å². The van der Waals surface area contributed by atoms with Gasteiger partial charge < -0.3 is 15.4 Å². The highest BCUT2D eigenvalue weighted by molar-refractivity contribution is 7.80. The van der Waals surface area contributed by atoms with Crippen LogP contribution in [0.2, 0.25) is 10.0 Å². The van der Waals surface area contributed by atoms with Crippen molar-refractivity contribution in [2.24, 2.45) is 0 Å². The minimum atomic E-state index is -0.440. The van der Waals surface area contributed by atoms with E-state index in [0.717, 1.165) is 10.4 Å². The maximum absolute atomic E-state index is 12.2. The van der Waals surface area contributed by atoms with E-state index in [0.29, 0.717) is 31.4 Å². The van der Waals surface area contributed by atoms with Crippen LogP contribution in [0.3, 0.4) is 0 Å². The Balaban J connectivity index is 1.85. The molecule has 0 fully saturated rings. The van der Waals surface area contributed by atoms with Crippen molar-refractivity contribution < 1.29 is 9.53 Å². The van der Waals surface area contributed by atoms with E-state index in [2.05, 4.69) is 10.6 Å². The van der Waals surface area contributed by atoms with Gasteiger partial charge in [-0.25, -0.2) is 4.79 Å². The zero-order valence-electron chi connectivity index (χ0n) is 14.1. The van der Waals surface area contributed by atoms with Crippen molar-refractivity contribution in [3.05, 3.63) is 70.2 Å². The number of anilines is 2. The fourth-order valence-electron chi connectivity index (χ4n) is 2.38. The molecule has 0 bridgehead atoms. The molecule has 4 nitrogen and oxygen atoms in total. The molecular formula is C19H14Cl2N2O2S2. The van der Waals surface area contributed by atoms with Crippen molar-refractivity contribution in [1.29, 1.82) is 0 Å². The highest BCUT2D eigenvalue weighted by Crippen LogP contribution is 2.36. The first-order valence-electron chi connectivity index (χ1n) is 7.78. The molecular weight excluding hydrogens is 423 g/mol. The second-order valence-corrected chi connectivity index (χ2v) is 7.78. The van der Waals surface area contributed by atoms with Crippen LogP contribution in [-0.4, -0.2) is 18.2 Å². The summed E-state index contributed by atoms with van der Waals surface area (Å²) in [5.41, 5.74) is 2.06. The standard InChI is InChI=1S/C19H14Cl2N2O2S2/c1-25-18(24)15-10-16(11-5-3-2-4-6-11)27-17(15)23-19(26)22-14-8-12(20)7-13(21)9-14/h2-10H,1H3,(H2,22,23,26). The van der Waals surface area contributed by atoms with Crippen LogP contribution >= 0.6 is 46.8 Å². The molecule has 0 aliphatic heterocycles. The van der Waals surface area contributed by atoms with Gasteiger partial charge in [0, 0.05) is 20.6 Å². The Morgan fingerprint density at radius 2 is 1.70 bits per heavy atom. The SMILES string of the molecule is COC(=O)c1cc(-c2ccccc2)sc1NC(=S)Nc1cc(Cl)cc(Cl)c1. The molecule has 138 valence electrons. The Bertz CT molecular complexity index is 970. The van der Waals surface area contributed by atoms with Gasteiger partial charge in [-0.3, -0.25) is 0 Å². The van der Waals surface area contributed by atoms with Crippen molar-refractivity contribution in [1.82, 2.24) is 0 Å². The van der Waals surface area contributed by atoms with Gasteiger partial charge in [-0.05, 0) is 42.0 Å². The summed E-state index contributed by atoms with van der Waals surface area (Å²) in [5, 5.41) is 7.94. The number of rotatable bonds is 4. The molecule has 27 heavy (non-hydrogen) atoms. The number of hydrogen-bond donors (Lipinski definition) is 2. The Morgan fingerprint density at radius 3 is 2.33 bits per heavy atom. The zero-order valence-corrected chi connectivity index (χ0v) is 17.2. The van der Waals surface area contributed by atoms with Crippen LogP contribution in [0.1, 0.15) is 10.4 Å². The van der Waals surface area contributed by atoms with E-state index in [9.17, 15) is 4.79 Å². The van der Waals surface area contributed by atoms with Crippen LogP contribution in [0, 0.1) is 0 Å². The predicted molar refractivity (Wildman–Crippen MR) is 117 cm³/mol. The second-order valence-electron chi connectivity index (χ2n) is 5.45. The third-order valence-corrected chi connectivity index (χ3v) is 5.28. The van der Waals surface area contributed by atoms with Crippen LogP contribution < -0.4 is 10.6 Å². The van der Waals surface area contributed by atoms with Gasteiger partial charge >= 0.3 is 5.97 Å². The smallest absolute Gasteiger partial charge is 0.340 e. The third-order valence-electron chi connectivity index (χ3n) is 3.54. The molecule has 2 aromatic carbocycles. The monoisotopic (exact) mass is 436 g/mol. The van der Waals surface area contributed by atoms with Crippen LogP contribution in [0.25, 0.3) is 10.4 Å². The van der Waals surface area contributed by atoms with Crippen molar-refractivity contribution in [3.8, 4) is 10.4 Å². The van der Waals surface area contributed by atoms with E-state index in [1.165, 1.54) is 18.4 Å². The van der Waals surface area contributed by atoms with Gasteiger partial charge in [-0.2, -0.15) is 0 Å². The van der Waals surface area contributed by atoms with E-state index in [1.807, 2.05) is 30.3 Å². The van der Waals surface area contributed by atoms with Crippen molar-refractivity contribution in [2.75, 3.05) is 17.7 Å². The molecule has 0 saturated heterocycles. The van der Waals surface area contributed by atoms with Gasteiger partial charge in [0.05, 0.1) is 12.7 Å². The summed E-state index contributed by atoms with van der Waals surface area (Å²) in [4.78, 5) is 13.1. The third kappa shape index (κ3) is 4.99. The van der Waals surface area contributed by atoms with Crippen molar-refractivity contribution in [2.45, 2.75) is 0 Å². The number of halogens is 2. The summed E-state index contributed by atoms with van der Waals surface area (Å²) < 4.78 is 4.89. The number of nitrogens with one attached hydrogen (secondary N) is 2. The molecule has 0 saturated carbocycles. The highest BCUT2D eigenvalue weighted by Gasteiger charge is 2.18. The summed E-state index contributed by atoms with van der Waals surface area (Å²) in [6, 6.07) is 16.6. The maximum atomic E-state index is 12.2. The summed E-state index contributed by atoms with van der Waals surface area (Å²) >= 11 is 18.8. The number of benzene rings is 2. The first kappa shape index (κ1) is 19.6. The van der Waals surface area contributed by atoms with E-state index >= 15 is 0 Å². The molecule has 0 atom stereocenters. The van der Waals surface area contributed by atoms with E-state index in [1.54, 1.807) is 24.3 Å². The molecule has 0 spiro atoms. The van der Waals surface area contributed by atoms with Crippen LogP contribution in [0.5, 0.6) is 0 Å².